The van der Waals surface area contributed by atoms with Crippen molar-refractivity contribution in [2.45, 2.75) is 39.3 Å². The quantitative estimate of drug-likeness (QED) is 0.537. The van der Waals surface area contributed by atoms with E-state index in [1.807, 2.05) is 48.2 Å². The molecule has 0 spiro atoms. The second-order valence-corrected chi connectivity index (χ2v) is 8.68. The number of hydrogen-bond acceptors (Lipinski definition) is 4. The Hall–Kier alpha value is -2.90. The first-order chi connectivity index (χ1) is 15.4. The van der Waals surface area contributed by atoms with E-state index in [2.05, 4.69) is 23.3 Å². The number of nitrogens with one attached hydrogen (secondary N) is 2. The summed E-state index contributed by atoms with van der Waals surface area (Å²) >= 11 is 5.77. The number of aromatic nitrogens is 1. The summed E-state index contributed by atoms with van der Waals surface area (Å²) in [6.07, 6.45) is 2.12. The summed E-state index contributed by atoms with van der Waals surface area (Å²) in [4.78, 5) is 17.9. The minimum atomic E-state index is -0.0989. The zero-order chi connectivity index (χ0) is 22.7. The summed E-state index contributed by atoms with van der Waals surface area (Å²) in [5.74, 6) is 0.710. The Kier molecular flexibility index (Phi) is 6.77. The molecule has 4 rings (SSSR count). The van der Waals surface area contributed by atoms with Gasteiger partial charge >= 0.3 is 0 Å². The Balaban J connectivity index is 1.63. The van der Waals surface area contributed by atoms with Crippen LogP contribution in [-0.2, 0) is 11.3 Å². The lowest BCUT2D eigenvalue weighted by atomic mass is 10.0. The minimum Gasteiger partial charge on any atom is -0.495 e. The first kappa shape index (κ1) is 22.3. The molecule has 1 saturated heterocycles. The molecule has 1 aliphatic rings. The molecule has 2 N–H and O–H groups in total. The molecule has 3 aromatic rings. The van der Waals surface area contributed by atoms with Gasteiger partial charge in [-0.15, -0.1) is 0 Å². The highest BCUT2D eigenvalue weighted by atomic mass is 32.1. The fraction of sp³-hybridized carbons (Fsp3) is 0.360. The van der Waals surface area contributed by atoms with Crippen molar-refractivity contribution in [2.24, 2.45) is 0 Å². The standard InChI is InChI=1S/C25H29N3O3S/c1-16-11-18-13-19(24(29)26-22(18)12-17(16)2)14-28(15-20-7-6-10-31-20)25(32)27-21-8-4-5-9-23(21)30-3/h4-5,8-9,11-13,20H,6-7,10,14-15H2,1-3H3,(H,26,29)(H,27,32)/t20-/m1/s1. The smallest absolute Gasteiger partial charge is 0.253 e. The van der Waals surface area contributed by atoms with Gasteiger partial charge in [-0.25, -0.2) is 0 Å². The van der Waals surface area contributed by atoms with Gasteiger partial charge in [0.05, 0.1) is 25.4 Å². The molecule has 7 heteroatoms. The van der Waals surface area contributed by atoms with Crippen LogP contribution in [0.5, 0.6) is 5.75 Å². The second kappa shape index (κ2) is 9.71. The van der Waals surface area contributed by atoms with Gasteiger partial charge in [0.2, 0.25) is 0 Å². The first-order valence-corrected chi connectivity index (χ1v) is 11.3. The van der Waals surface area contributed by atoms with Crippen LogP contribution in [0.2, 0.25) is 0 Å². The molecule has 2 heterocycles. The second-order valence-electron chi connectivity index (χ2n) is 8.29. The van der Waals surface area contributed by atoms with Crippen LogP contribution in [0.4, 0.5) is 5.69 Å². The third-order valence-electron chi connectivity index (χ3n) is 5.98. The van der Waals surface area contributed by atoms with Gasteiger partial charge in [-0.05, 0) is 85.8 Å². The summed E-state index contributed by atoms with van der Waals surface area (Å²) in [6, 6.07) is 13.7. The Labute approximate surface area is 193 Å². The maximum atomic E-state index is 12.9. The minimum absolute atomic E-state index is 0.0943. The summed E-state index contributed by atoms with van der Waals surface area (Å²) in [7, 11) is 1.63. The number of thiocarbonyl (C=S) groups is 1. The number of fused-ring (bicyclic) bond motifs is 1. The number of ether oxygens (including phenoxy) is 2. The number of anilines is 1. The highest BCUT2D eigenvalue weighted by Gasteiger charge is 2.22. The van der Waals surface area contributed by atoms with Gasteiger partial charge in [0.1, 0.15) is 5.75 Å². The average molecular weight is 452 g/mol. The number of para-hydroxylation sites is 2. The van der Waals surface area contributed by atoms with Gasteiger partial charge in [-0.3, -0.25) is 4.79 Å². The van der Waals surface area contributed by atoms with Gasteiger partial charge in [0.15, 0.2) is 5.11 Å². The van der Waals surface area contributed by atoms with Crippen LogP contribution in [0.3, 0.4) is 0 Å². The summed E-state index contributed by atoms with van der Waals surface area (Å²) < 4.78 is 11.3. The van der Waals surface area contributed by atoms with E-state index in [1.165, 1.54) is 5.56 Å². The van der Waals surface area contributed by atoms with Crippen LogP contribution < -0.4 is 15.6 Å². The molecular formula is C25H29N3O3S. The largest absolute Gasteiger partial charge is 0.495 e. The van der Waals surface area contributed by atoms with Crippen LogP contribution in [0.1, 0.15) is 29.5 Å². The van der Waals surface area contributed by atoms with Crippen molar-refractivity contribution in [1.82, 2.24) is 9.88 Å². The molecular weight excluding hydrogens is 422 g/mol. The fourth-order valence-electron chi connectivity index (χ4n) is 4.04. The number of aryl methyl sites for hydroxylation is 2. The SMILES string of the molecule is COc1ccccc1NC(=S)N(Cc1cc2cc(C)c(C)cc2[nH]c1=O)C[C@H]1CCCO1. The molecule has 2 aromatic carbocycles. The molecule has 0 radical (unpaired) electrons. The molecule has 1 aromatic heterocycles. The Morgan fingerprint density at radius 3 is 2.78 bits per heavy atom. The molecule has 0 saturated carbocycles. The lowest BCUT2D eigenvalue weighted by Crippen LogP contribution is -2.40. The van der Waals surface area contributed by atoms with E-state index >= 15 is 0 Å². The molecule has 32 heavy (non-hydrogen) atoms. The predicted octanol–water partition coefficient (Wildman–Crippen LogP) is 4.53. The van der Waals surface area contributed by atoms with Crippen molar-refractivity contribution in [3.05, 3.63) is 69.5 Å². The van der Waals surface area contributed by atoms with Gasteiger partial charge in [0, 0.05) is 24.2 Å². The third kappa shape index (κ3) is 4.95. The molecule has 0 aliphatic carbocycles. The number of methoxy groups -OCH3 is 1. The van der Waals surface area contributed by atoms with Crippen molar-refractivity contribution in [3.8, 4) is 5.75 Å². The van der Waals surface area contributed by atoms with Gasteiger partial charge in [-0.2, -0.15) is 0 Å². The number of H-pyrrole nitrogens is 1. The lowest BCUT2D eigenvalue weighted by Gasteiger charge is -2.28. The third-order valence-corrected chi connectivity index (χ3v) is 6.34. The van der Waals surface area contributed by atoms with E-state index < -0.39 is 0 Å². The number of hydrogen-bond donors (Lipinski definition) is 2. The van der Waals surface area contributed by atoms with Crippen molar-refractivity contribution in [2.75, 3.05) is 25.6 Å². The number of benzene rings is 2. The van der Waals surface area contributed by atoms with Crippen LogP contribution >= 0.6 is 12.2 Å². The van der Waals surface area contributed by atoms with E-state index in [1.54, 1.807) is 7.11 Å². The van der Waals surface area contributed by atoms with E-state index in [4.69, 9.17) is 21.7 Å². The van der Waals surface area contributed by atoms with Crippen molar-refractivity contribution in [3.63, 3.8) is 0 Å². The van der Waals surface area contributed by atoms with Crippen LogP contribution in [0.25, 0.3) is 10.9 Å². The van der Waals surface area contributed by atoms with Crippen molar-refractivity contribution < 1.29 is 9.47 Å². The monoisotopic (exact) mass is 451 g/mol. The molecule has 6 nitrogen and oxygen atoms in total. The number of aromatic amines is 1. The van der Waals surface area contributed by atoms with Crippen LogP contribution in [0, 0.1) is 13.8 Å². The molecule has 0 amide bonds. The molecule has 0 unspecified atom stereocenters. The maximum Gasteiger partial charge on any atom is 0.253 e. The van der Waals surface area contributed by atoms with E-state index in [0.717, 1.165) is 41.6 Å². The molecule has 1 fully saturated rings. The maximum absolute atomic E-state index is 12.9. The highest BCUT2D eigenvalue weighted by molar-refractivity contribution is 7.80. The predicted molar refractivity (Wildman–Crippen MR) is 133 cm³/mol. The summed E-state index contributed by atoms with van der Waals surface area (Å²) in [5, 5.41) is 4.84. The van der Waals surface area contributed by atoms with E-state index in [0.29, 0.717) is 29.5 Å². The van der Waals surface area contributed by atoms with Crippen LogP contribution in [0.15, 0.2) is 47.3 Å². The average Bonchev–Trinajstić information content (AvgIpc) is 3.29. The first-order valence-electron chi connectivity index (χ1n) is 10.9. The van der Waals surface area contributed by atoms with Crippen molar-refractivity contribution >= 4 is 33.9 Å². The zero-order valence-corrected chi connectivity index (χ0v) is 19.6. The Morgan fingerprint density at radius 2 is 2.03 bits per heavy atom. The fourth-order valence-corrected chi connectivity index (χ4v) is 4.29. The van der Waals surface area contributed by atoms with Gasteiger partial charge in [-0.1, -0.05) is 12.1 Å². The Morgan fingerprint density at radius 1 is 1.25 bits per heavy atom. The zero-order valence-electron chi connectivity index (χ0n) is 18.7. The normalized spacial score (nSPS) is 15.7. The lowest BCUT2D eigenvalue weighted by molar-refractivity contribution is 0.0904. The topological polar surface area (TPSA) is 66.6 Å². The Bertz CT molecular complexity index is 1180. The van der Waals surface area contributed by atoms with Gasteiger partial charge in [0.25, 0.3) is 5.56 Å². The number of pyridine rings is 1. The number of rotatable bonds is 6. The number of nitrogens with zero attached hydrogens (tertiary/aromatic N) is 1. The molecule has 1 aliphatic heterocycles. The van der Waals surface area contributed by atoms with E-state index in [9.17, 15) is 4.79 Å². The van der Waals surface area contributed by atoms with Gasteiger partial charge < -0.3 is 24.7 Å². The van der Waals surface area contributed by atoms with E-state index in [-0.39, 0.29) is 11.7 Å². The molecule has 1 atom stereocenters. The van der Waals surface area contributed by atoms with Crippen molar-refractivity contribution in [1.29, 1.82) is 0 Å². The molecule has 168 valence electrons. The highest BCUT2D eigenvalue weighted by Crippen LogP contribution is 2.24. The summed E-state index contributed by atoms with van der Waals surface area (Å²) in [6.45, 7) is 5.90. The van der Waals surface area contributed by atoms with Crippen LogP contribution in [-0.4, -0.2) is 41.4 Å². The summed E-state index contributed by atoms with van der Waals surface area (Å²) in [5.41, 5.74) is 4.56. The molecule has 0 bridgehead atoms.